The SMILES string of the molecule is COc1cc(C=O)ccc1OCC(=O)OCC(=O)Nc1cccc(Cl)c1C. The van der Waals surface area contributed by atoms with Crippen molar-refractivity contribution in [3.05, 3.63) is 52.5 Å². The predicted molar refractivity (Wildman–Crippen MR) is 99.7 cm³/mol. The molecule has 0 radical (unpaired) electrons. The van der Waals surface area contributed by atoms with Crippen molar-refractivity contribution in [3.63, 3.8) is 0 Å². The summed E-state index contributed by atoms with van der Waals surface area (Å²) in [6.07, 6.45) is 0.667. The zero-order valence-electron chi connectivity index (χ0n) is 14.8. The highest BCUT2D eigenvalue weighted by Gasteiger charge is 2.12. The fourth-order valence-electron chi connectivity index (χ4n) is 2.13. The molecule has 0 unspecified atom stereocenters. The first-order chi connectivity index (χ1) is 12.9. The molecule has 0 atom stereocenters. The maximum Gasteiger partial charge on any atom is 0.344 e. The van der Waals surface area contributed by atoms with E-state index in [0.29, 0.717) is 33.9 Å². The molecule has 8 heteroatoms. The van der Waals surface area contributed by atoms with Gasteiger partial charge in [-0.2, -0.15) is 0 Å². The van der Waals surface area contributed by atoms with Crippen molar-refractivity contribution in [2.45, 2.75) is 6.92 Å². The number of esters is 1. The molecule has 7 nitrogen and oxygen atoms in total. The number of methoxy groups -OCH3 is 1. The lowest BCUT2D eigenvalue weighted by molar-refractivity contribution is -0.149. The van der Waals surface area contributed by atoms with Crippen LogP contribution in [-0.2, 0) is 14.3 Å². The van der Waals surface area contributed by atoms with E-state index in [0.717, 1.165) is 0 Å². The molecule has 0 aliphatic rings. The second-order valence-corrected chi connectivity index (χ2v) is 5.85. The molecule has 27 heavy (non-hydrogen) atoms. The number of halogens is 1. The van der Waals surface area contributed by atoms with Gasteiger partial charge in [0, 0.05) is 16.3 Å². The molecule has 2 rings (SSSR count). The van der Waals surface area contributed by atoms with Crippen molar-refractivity contribution in [2.24, 2.45) is 0 Å². The van der Waals surface area contributed by atoms with Gasteiger partial charge < -0.3 is 19.5 Å². The van der Waals surface area contributed by atoms with Crippen molar-refractivity contribution in [2.75, 3.05) is 25.6 Å². The van der Waals surface area contributed by atoms with Crippen LogP contribution >= 0.6 is 11.6 Å². The molecule has 1 amide bonds. The van der Waals surface area contributed by atoms with Gasteiger partial charge in [0.2, 0.25) is 0 Å². The van der Waals surface area contributed by atoms with Gasteiger partial charge in [-0.25, -0.2) is 4.79 Å². The number of aldehydes is 1. The van der Waals surface area contributed by atoms with Crippen LogP contribution in [0.1, 0.15) is 15.9 Å². The highest BCUT2D eigenvalue weighted by molar-refractivity contribution is 6.31. The molecule has 0 saturated carbocycles. The van der Waals surface area contributed by atoms with E-state index in [9.17, 15) is 14.4 Å². The van der Waals surface area contributed by atoms with Crippen molar-refractivity contribution in [1.82, 2.24) is 0 Å². The van der Waals surface area contributed by atoms with E-state index in [4.69, 9.17) is 25.8 Å². The topological polar surface area (TPSA) is 90.9 Å². The van der Waals surface area contributed by atoms with Crippen LogP contribution in [0.15, 0.2) is 36.4 Å². The monoisotopic (exact) mass is 391 g/mol. The molecule has 2 aromatic rings. The molecule has 0 aliphatic heterocycles. The number of hydrogen-bond acceptors (Lipinski definition) is 6. The molecular formula is C19H18ClNO6. The molecule has 2 aromatic carbocycles. The Bertz CT molecular complexity index is 852. The lowest BCUT2D eigenvalue weighted by Gasteiger charge is -2.11. The minimum Gasteiger partial charge on any atom is -0.493 e. The summed E-state index contributed by atoms with van der Waals surface area (Å²) in [7, 11) is 1.41. The Morgan fingerprint density at radius 3 is 2.63 bits per heavy atom. The first-order valence-corrected chi connectivity index (χ1v) is 8.29. The van der Waals surface area contributed by atoms with Gasteiger partial charge in [0.15, 0.2) is 24.7 Å². The van der Waals surface area contributed by atoms with Crippen molar-refractivity contribution in [1.29, 1.82) is 0 Å². The first kappa shape index (κ1) is 20.3. The average molecular weight is 392 g/mol. The van der Waals surface area contributed by atoms with Crippen molar-refractivity contribution in [3.8, 4) is 11.5 Å². The Balaban J connectivity index is 1.83. The minimum atomic E-state index is -0.727. The van der Waals surface area contributed by atoms with Crippen LogP contribution in [0.2, 0.25) is 5.02 Å². The number of amides is 1. The minimum absolute atomic E-state index is 0.277. The molecule has 0 fully saturated rings. The van der Waals surface area contributed by atoms with Crippen LogP contribution in [0, 0.1) is 6.92 Å². The largest absolute Gasteiger partial charge is 0.493 e. The quantitative estimate of drug-likeness (QED) is 0.549. The van der Waals surface area contributed by atoms with Gasteiger partial charge in [0.1, 0.15) is 6.29 Å². The van der Waals surface area contributed by atoms with Gasteiger partial charge in [0.25, 0.3) is 5.91 Å². The molecule has 142 valence electrons. The van der Waals surface area contributed by atoms with E-state index in [-0.39, 0.29) is 5.75 Å². The van der Waals surface area contributed by atoms with Crippen LogP contribution < -0.4 is 14.8 Å². The van der Waals surface area contributed by atoms with Gasteiger partial charge >= 0.3 is 5.97 Å². The highest BCUT2D eigenvalue weighted by Crippen LogP contribution is 2.27. The van der Waals surface area contributed by atoms with E-state index in [1.807, 2.05) is 0 Å². The number of ether oxygens (including phenoxy) is 3. The Hall–Kier alpha value is -3.06. The summed E-state index contributed by atoms with van der Waals surface area (Å²) in [4.78, 5) is 34.4. The molecule has 1 N–H and O–H groups in total. The second kappa shape index (κ2) is 9.59. The standard InChI is InChI=1S/C19H18ClNO6/c1-12-14(20)4-3-5-15(12)21-18(23)10-27-19(24)11-26-16-7-6-13(9-22)8-17(16)25-2/h3-9H,10-11H2,1-2H3,(H,21,23). The highest BCUT2D eigenvalue weighted by atomic mass is 35.5. The van der Waals surface area contributed by atoms with Gasteiger partial charge in [-0.15, -0.1) is 0 Å². The molecule has 0 heterocycles. The van der Waals surface area contributed by atoms with Gasteiger partial charge in [-0.3, -0.25) is 9.59 Å². The summed E-state index contributed by atoms with van der Waals surface area (Å²) >= 11 is 5.99. The normalized spacial score (nSPS) is 10.0. The summed E-state index contributed by atoms with van der Waals surface area (Å²) in [5.41, 5.74) is 1.67. The zero-order valence-corrected chi connectivity index (χ0v) is 15.5. The lowest BCUT2D eigenvalue weighted by atomic mass is 10.2. The number of rotatable bonds is 8. The van der Waals surface area contributed by atoms with Crippen LogP contribution in [0.5, 0.6) is 11.5 Å². The molecule has 0 spiro atoms. The van der Waals surface area contributed by atoms with E-state index < -0.39 is 25.1 Å². The molecule has 0 saturated heterocycles. The third-order valence-electron chi connectivity index (χ3n) is 3.58. The van der Waals surface area contributed by atoms with E-state index >= 15 is 0 Å². The molecule has 0 aliphatic carbocycles. The summed E-state index contributed by atoms with van der Waals surface area (Å²) in [6.45, 7) is 0.886. The number of nitrogens with one attached hydrogen (secondary N) is 1. The number of benzene rings is 2. The lowest BCUT2D eigenvalue weighted by Crippen LogP contribution is -2.24. The fraction of sp³-hybridized carbons (Fsp3) is 0.211. The Labute approximate surface area is 161 Å². The molecule has 0 bridgehead atoms. The Morgan fingerprint density at radius 2 is 1.93 bits per heavy atom. The van der Waals surface area contributed by atoms with Gasteiger partial charge in [-0.05, 0) is 42.8 Å². The third kappa shape index (κ3) is 5.72. The third-order valence-corrected chi connectivity index (χ3v) is 3.98. The second-order valence-electron chi connectivity index (χ2n) is 5.44. The molecular weight excluding hydrogens is 374 g/mol. The number of hydrogen-bond donors (Lipinski definition) is 1. The predicted octanol–water partition coefficient (Wildman–Crippen LogP) is 3.03. The van der Waals surface area contributed by atoms with Gasteiger partial charge in [0.05, 0.1) is 7.11 Å². The Kier molecular flexibility index (Phi) is 7.19. The van der Waals surface area contributed by atoms with E-state index in [1.165, 1.54) is 25.3 Å². The first-order valence-electron chi connectivity index (χ1n) is 7.91. The number of carbonyl (C=O) groups is 3. The van der Waals surface area contributed by atoms with Crippen LogP contribution in [0.25, 0.3) is 0 Å². The van der Waals surface area contributed by atoms with Crippen LogP contribution in [0.3, 0.4) is 0 Å². The maximum absolute atomic E-state index is 11.9. The zero-order chi connectivity index (χ0) is 19.8. The molecule has 0 aromatic heterocycles. The summed E-state index contributed by atoms with van der Waals surface area (Å²) in [6, 6.07) is 9.61. The fourth-order valence-corrected chi connectivity index (χ4v) is 2.30. The smallest absolute Gasteiger partial charge is 0.344 e. The van der Waals surface area contributed by atoms with Crippen molar-refractivity contribution >= 4 is 35.5 Å². The van der Waals surface area contributed by atoms with Crippen LogP contribution in [0.4, 0.5) is 5.69 Å². The summed E-state index contributed by atoms with van der Waals surface area (Å²) < 4.78 is 15.3. The average Bonchev–Trinajstić information content (AvgIpc) is 2.68. The van der Waals surface area contributed by atoms with Crippen molar-refractivity contribution < 1.29 is 28.6 Å². The number of anilines is 1. The summed E-state index contributed by atoms with van der Waals surface area (Å²) in [5, 5.41) is 3.14. The Morgan fingerprint density at radius 1 is 1.15 bits per heavy atom. The van der Waals surface area contributed by atoms with E-state index in [1.54, 1.807) is 25.1 Å². The van der Waals surface area contributed by atoms with Crippen LogP contribution in [-0.4, -0.2) is 38.5 Å². The van der Waals surface area contributed by atoms with Gasteiger partial charge in [-0.1, -0.05) is 17.7 Å². The maximum atomic E-state index is 11.9. The van der Waals surface area contributed by atoms with E-state index in [2.05, 4.69) is 5.32 Å². The number of carbonyl (C=O) groups excluding carboxylic acids is 3. The summed E-state index contributed by atoms with van der Waals surface area (Å²) in [5.74, 6) is -0.642.